The van der Waals surface area contributed by atoms with E-state index in [2.05, 4.69) is 10.6 Å². The molecule has 0 saturated carbocycles. The van der Waals surface area contributed by atoms with E-state index >= 15 is 0 Å². The first-order valence-electron chi connectivity index (χ1n) is 8.15. The number of anilines is 1. The number of carbonyl (C=O) groups excluding carboxylic acids is 1. The second-order valence-corrected chi connectivity index (χ2v) is 6.34. The number of hydrogen-bond donors (Lipinski definition) is 2. The van der Waals surface area contributed by atoms with Crippen molar-refractivity contribution in [1.29, 1.82) is 0 Å². The van der Waals surface area contributed by atoms with Gasteiger partial charge in [0.05, 0.1) is 44.7 Å². The molecule has 0 fully saturated rings. The van der Waals surface area contributed by atoms with Gasteiger partial charge in [-0.2, -0.15) is 0 Å². The minimum Gasteiger partial charge on any atom is -0.493 e. The molecule has 0 aliphatic carbocycles. The Bertz CT molecular complexity index is 850. The van der Waals surface area contributed by atoms with Crippen LogP contribution in [-0.4, -0.2) is 39.5 Å². The Labute approximate surface area is 173 Å². The maximum atomic E-state index is 11.7. The summed E-state index contributed by atoms with van der Waals surface area (Å²) in [5.41, 5.74) is 1.72. The summed E-state index contributed by atoms with van der Waals surface area (Å²) in [4.78, 5) is 11.7. The normalized spacial score (nSPS) is 10.0. The van der Waals surface area contributed by atoms with E-state index in [9.17, 15) is 4.79 Å². The Hall–Kier alpha value is -2.71. The molecule has 0 heterocycles. The Morgan fingerprint density at radius 2 is 1.68 bits per heavy atom. The van der Waals surface area contributed by atoms with Gasteiger partial charge in [-0.25, -0.2) is 4.79 Å². The molecular weight excluding hydrogens is 404 g/mol. The SMILES string of the molecule is COC(=O)c1ccc(Cl)c(NC(=S)NCc2cc(OC)c(OC)c(OC)c2)c1. The van der Waals surface area contributed by atoms with Crippen molar-refractivity contribution in [3.05, 3.63) is 46.5 Å². The number of carbonyl (C=O) groups is 1. The lowest BCUT2D eigenvalue weighted by Gasteiger charge is -2.16. The van der Waals surface area contributed by atoms with Gasteiger partial charge in [0.2, 0.25) is 5.75 Å². The number of thiocarbonyl (C=S) groups is 1. The van der Waals surface area contributed by atoms with E-state index in [4.69, 9.17) is 42.8 Å². The predicted octanol–water partition coefficient (Wildman–Crippen LogP) is 3.64. The Morgan fingerprint density at radius 1 is 1.04 bits per heavy atom. The molecule has 0 aliphatic rings. The average Bonchev–Trinajstić information content (AvgIpc) is 2.72. The number of rotatable bonds is 7. The van der Waals surface area contributed by atoms with Crippen molar-refractivity contribution in [3.8, 4) is 17.2 Å². The second kappa shape index (κ2) is 10.0. The Balaban J connectivity index is 2.10. The molecular formula is C19H21ClN2O5S. The van der Waals surface area contributed by atoms with E-state index in [1.54, 1.807) is 39.5 Å². The standard InChI is InChI=1S/C19H21ClN2O5S/c1-24-15-7-11(8-16(25-2)17(15)26-3)10-21-19(28)22-14-9-12(18(23)27-4)5-6-13(14)20/h5-9H,10H2,1-4H3,(H2,21,22,28). The topological polar surface area (TPSA) is 78.1 Å². The summed E-state index contributed by atoms with van der Waals surface area (Å²) in [5.74, 6) is 1.15. The number of methoxy groups -OCH3 is 4. The first kappa shape index (κ1) is 21.6. The van der Waals surface area contributed by atoms with E-state index in [1.165, 1.54) is 7.11 Å². The molecule has 0 saturated heterocycles. The summed E-state index contributed by atoms with van der Waals surface area (Å²) >= 11 is 11.5. The Kier molecular flexibility index (Phi) is 7.71. The lowest BCUT2D eigenvalue weighted by atomic mass is 10.2. The zero-order valence-corrected chi connectivity index (χ0v) is 17.5. The third kappa shape index (κ3) is 5.17. The van der Waals surface area contributed by atoms with Crippen molar-refractivity contribution in [3.63, 3.8) is 0 Å². The summed E-state index contributed by atoms with van der Waals surface area (Å²) in [5, 5.41) is 6.80. The first-order valence-corrected chi connectivity index (χ1v) is 8.93. The zero-order chi connectivity index (χ0) is 20.7. The quantitative estimate of drug-likeness (QED) is 0.515. The molecule has 0 bridgehead atoms. The van der Waals surface area contributed by atoms with Gasteiger partial charge < -0.3 is 29.6 Å². The third-order valence-electron chi connectivity index (χ3n) is 3.81. The van der Waals surface area contributed by atoms with E-state index in [-0.39, 0.29) is 0 Å². The van der Waals surface area contributed by atoms with Crippen LogP contribution in [-0.2, 0) is 11.3 Å². The van der Waals surface area contributed by atoms with Crippen LogP contribution in [0.1, 0.15) is 15.9 Å². The molecule has 150 valence electrons. The largest absolute Gasteiger partial charge is 0.493 e. The van der Waals surface area contributed by atoms with Crippen LogP contribution in [0, 0.1) is 0 Å². The monoisotopic (exact) mass is 424 g/mol. The van der Waals surface area contributed by atoms with E-state index in [1.807, 2.05) is 12.1 Å². The van der Waals surface area contributed by atoms with Crippen LogP contribution in [0.15, 0.2) is 30.3 Å². The van der Waals surface area contributed by atoms with Gasteiger partial charge in [0, 0.05) is 6.54 Å². The molecule has 7 nitrogen and oxygen atoms in total. The van der Waals surface area contributed by atoms with Crippen LogP contribution in [0.2, 0.25) is 5.02 Å². The fourth-order valence-corrected chi connectivity index (χ4v) is 2.80. The molecule has 0 aromatic heterocycles. The molecule has 0 atom stereocenters. The zero-order valence-electron chi connectivity index (χ0n) is 15.9. The Morgan fingerprint density at radius 3 is 2.21 bits per heavy atom. The highest BCUT2D eigenvalue weighted by Crippen LogP contribution is 2.38. The fourth-order valence-electron chi connectivity index (χ4n) is 2.45. The number of hydrogen-bond acceptors (Lipinski definition) is 6. The van der Waals surface area contributed by atoms with Gasteiger partial charge in [0.15, 0.2) is 16.6 Å². The van der Waals surface area contributed by atoms with Crippen molar-refractivity contribution >= 4 is 40.6 Å². The molecule has 0 amide bonds. The number of esters is 1. The van der Waals surface area contributed by atoms with Crippen LogP contribution in [0.5, 0.6) is 17.2 Å². The predicted molar refractivity (Wildman–Crippen MR) is 112 cm³/mol. The number of halogens is 1. The summed E-state index contributed by atoms with van der Waals surface area (Å²) in [6.07, 6.45) is 0. The lowest BCUT2D eigenvalue weighted by Crippen LogP contribution is -2.28. The average molecular weight is 425 g/mol. The number of benzene rings is 2. The van der Waals surface area contributed by atoms with Gasteiger partial charge in [-0.05, 0) is 48.1 Å². The molecule has 28 heavy (non-hydrogen) atoms. The molecule has 0 spiro atoms. The molecule has 0 radical (unpaired) electrons. The van der Waals surface area contributed by atoms with Gasteiger partial charge in [-0.1, -0.05) is 11.6 Å². The van der Waals surface area contributed by atoms with Crippen LogP contribution in [0.25, 0.3) is 0 Å². The molecule has 9 heteroatoms. The van der Waals surface area contributed by atoms with Crippen LogP contribution < -0.4 is 24.8 Å². The van der Waals surface area contributed by atoms with Gasteiger partial charge in [-0.15, -0.1) is 0 Å². The minimum atomic E-state index is -0.462. The van der Waals surface area contributed by atoms with Gasteiger partial charge in [0.1, 0.15) is 0 Å². The highest BCUT2D eigenvalue weighted by Gasteiger charge is 2.14. The highest BCUT2D eigenvalue weighted by atomic mass is 35.5. The first-order chi connectivity index (χ1) is 13.4. The molecule has 2 N–H and O–H groups in total. The lowest BCUT2D eigenvalue weighted by molar-refractivity contribution is 0.0601. The third-order valence-corrected chi connectivity index (χ3v) is 4.39. The van der Waals surface area contributed by atoms with Crippen molar-refractivity contribution in [1.82, 2.24) is 5.32 Å². The van der Waals surface area contributed by atoms with E-state index in [0.29, 0.717) is 45.2 Å². The van der Waals surface area contributed by atoms with Gasteiger partial charge in [-0.3, -0.25) is 0 Å². The van der Waals surface area contributed by atoms with Crippen molar-refractivity contribution in [2.45, 2.75) is 6.54 Å². The minimum absolute atomic E-state index is 0.331. The summed E-state index contributed by atoms with van der Waals surface area (Å²) in [6, 6.07) is 8.38. The second-order valence-electron chi connectivity index (χ2n) is 5.53. The molecule has 2 rings (SSSR count). The van der Waals surface area contributed by atoms with E-state index < -0.39 is 5.97 Å². The summed E-state index contributed by atoms with van der Waals surface area (Å²) in [7, 11) is 5.96. The van der Waals surface area contributed by atoms with Crippen LogP contribution in [0.3, 0.4) is 0 Å². The number of ether oxygens (including phenoxy) is 4. The van der Waals surface area contributed by atoms with Crippen molar-refractivity contribution in [2.24, 2.45) is 0 Å². The van der Waals surface area contributed by atoms with Crippen molar-refractivity contribution < 1.29 is 23.7 Å². The van der Waals surface area contributed by atoms with Gasteiger partial charge >= 0.3 is 5.97 Å². The maximum Gasteiger partial charge on any atom is 0.337 e. The van der Waals surface area contributed by atoms with E-state index in [0.717, 1.165) is 5.56 Å². The highest BCUT2D eigenvalue weighted by molar-refractivity contribution is 7.80. The fraction of sp³-hybridized carbons (Fsp3) is 0.263. The smallest absolute Gasteiger partial charge is 0.337 e. The van der Waals surface area contributed by atoms with Crippen LogP contribution >= 0.6 is 23.8 Å². The molecule has 0 unspecified atom stereocenters. The molecule has 0 aliphatic heterocycles. The molecule has 2 aromatic rings. The maximum absolute atomic E-state index is 11.7. The van der Waals surface area contributed by atoms with Crippen molar-refractivity contribution in [2.75, 3.05) is 33.8 Å². The summed E-state index contributed by atoms with van der Waals surface area (Å²) < 4.78 is 20.7. The number of nitrogens with one attached hydrogen (secondary N) is 2. The van der Waals surface area contributed by atoms with Crippen LogP contribution in [0.4, 0.5) is 5.69 Å². The van der Waals surface area contributed by atoms with Gasteiger partial charge in [0.25, 0.3) is 0 Å². The molecule has 2 aromatic carbocycles. The summed E-state index contributed by atoms with van der Waals surface area (Å²) in [6.45, 7) is 0.400.